The van der Waals surface area contributed by atoms with E-state index >= 15 is 0 Å². The van der Waals surface area contributed by atoms with Crippen LogP contribution in [0.5, 0.6) is 0 Å². The first kappa shape index (κ1) is 22.4. The number of aromatic nitrogens is 3. The van der Waals surface area contributed by atoms with Crippen molar-refractivity contribution < 1.29 is 0 Å². The molecule has 6 heteroatoms. The van der Waals surface area contributed by atoms with E-state index in [4.69, 9.17) is 16.6 Å². The fourth-order valence-corrected chi connectivity index (χ4v) is 4.35. The number of fused-ring (bicyclic) bond motifs is 3. The summed E-state index contributed by atoms with van der Waals surface area (Å²) in [5.41, 5.74) is 12.4. The van der Waals surface area contributed by atoms with Crippen molar-refractivity contribution in [1.82, 2.24) is 14.6 Å². The zero-order valence-electron chi connectivity index (χ0n) is 19.2. The molecular weight excluding hydrogens is 384 g/mol. The third-order valence-electron chi connectivity index (χ3n) is 5.91. The maximum atomic E-state index is 6.33. The third kappa shape index (κ3) is 3.90. The van der Waals surface area contributed by atoms with Gasteiger partial charge in [-0.25, -0.2) is 9.66 Å². The van der Waals surface area contributed by atoms with E-state index in [1.54, 1.807) is 11.6 Å². The number of rotatable bonds is 2. The Morgan fingerprint density at radius 1 is 1.23 bits per heavy atom. The fourth-order valence-electron chi connectivity index (χ4n) is 4.35. The number of hydrogen-bond acceptors (Lipinski definition) is 5. The van der Waals surface area contributed by atoms with Gasteiger partial charge in [-0.15, -0.1) is 0 Å². The molecule has 5 rings (SSSR count). The first-order chi connectivity index (χ1) is 14.8. The Kier molecular flexibility index (Phi) is 6.39. The molecule has 1 spiro atoms. The van der Waals surface area contributed by atoms with Gasteiger partial charge in [0.25, 0.3) is 0 Å². The monoisotopic (exact) mass is 418 g/mol. The van der Waals surface area contributed by atoms with Gasteiger partial charge in [0.1, 0.15) is 5.82 Å². The van der Waals surface area contributed by atoms with Crippen LogP contribution in [-0.4, -0.2) is 14.6 Å². The molecule has 1 aliphatic heterocycles. The van der Waals surface area contributed by atoms with Gasteiger partial charge in [-0.2, -0.15) is 0 Å². The molecule has 2 aromatic heterocycles. The lowest BCUT2D eigenvalue weighted by molar-refractivity contribution is 0.301. The minimum absolute atomic E-state index is 0.0975. The van der Waals surface area contributed by atoms with Gasteiger partial charge in [0.2, 0.25) is 0 Å². The Bertz CT molecular complexity index is 1100. The van der Waals surface area contributed by atoms with E-state index in [9.17, 15) is 0 Å². The summed E-state index contributed by atoms with van der Waals surface area (Å²) in [6.07, 6.45) is 7.41. The van der Waals surface area contributed by atoms with E-state index in [1.807, 2.05) is 32.3 Å². The fraction of sp³-hybridized carbons (Fsp3) is 0.360. The highest BCUT2D eigenvalue weighted by atomic mass is 15.3. The van der Waals surface area contributed by atoms with Crippen LogP contribution < -0.4 is 16.5 Å². The van der Waals surface area contributed by atoms with E-state index in [0.29, 0.717) is 12.2 Å². The first-order valence-electron chi connectivity index (χ1n) is 10.9. The second-order valence-corrected chi connectivity index (χ2v) is 8.10. The second-order valence-electron chi connectivity index (χ2n) is 8.10. The molecule has 3 aromatic rings. The molecule has 31 heavy (non-hydrogen) atoms. The predicted octanol–water partition coefficient (Wildman–Crippen LogP) is 4.91. The average Bonchev–Trinajstić information content (AvgIpc) is 3.15. The van der Waals surface area contributed by atoms with Crippen LogP contribution in [0.15, 0.2) is 61.2 Å². The average molecular weight is 419 g/mol. The van der Waals surface area contributed by atoms with Crippen LogP contribution in [0.1, 0.15) is 57.0 Å². The van der Waals surface area contributed by atoms with Gasteiger partial charge in [-0.3, -0.25) is 4.98 Å². The SMILES string of the molecule is C=C(C)N.C=C1N(Cc2nc3cc(C)ccc3n2N)c2cnccc2C12CCC2.CC. The summed E-state index contributed by atoms with van der Waals surface area (Å²) in [4.78, 5) is 11.4. The number of nitrogens with zero attached hydrogens (tertiary/aromatic N) is 4. The first-order valence-corrected chi connectivity index (χ1v) is 10.9. The predicted molar refractivity (Wildman–Crippen MR) is 130 cm³/mol. The largest absolute Gasteiger partial charge is 0.403 e. The van der Waals surface area contributed by atoms with Gasteiger partial charge in [0.05, 0.1) is 29.5 Å². The van der Waals surface area contributed by atoms with E-state index < -0.39 is 0 Å². The molecular formula is C25H34N6. The summed E-state index contributed by atoms with van der Waals surface area (Å²) in [5.74, 6) is 7.17. The quantitative estimate of drug-likeness (QED) is 0.577. The van der Waals surface area contributed by atoms with Gasteiger partial charge in [0.15, 0.2) is 0 Å². The van der Waals surface area contributed by atoms with Gasteiger partial charge in [-0.1, -0.05) is 39.5 Å². The summed E-state index contributed by atoms with van der Waals surface area (Å²) < 4.78 is 1.70. The highest BCUT2D eigenvalue weighted by Gasteiger charge is 2.50. The summed E-state index contributed by atoms with van der Waals surface area (Å²) in [6.45, 7) is 16.2. The molecule has 1 fully saturated rings. The van der Waals surface area contributed by atoms with E-state index in [0.717, 1.165) is 41.1 Å². The lowest BCUT2D eigenvalue weighted by atomic mass is 9.64. The maximum absolute atomic E-state index is 6.33. The Labute approximate surface area is 185 Å². The molecule has 0 atom stereocenters. The zero-order valence-corrected chi connectivity index (χ0v) is 19.2. The summed E-state index contributed by atoms with van der Waals surface area (Å²) in [7, 11) is 0. The highest BCUT2D eigenvalue weighted by Crippen LogP contribution is 2.57. The molecule has 1 aromatic carbocycles. The van der Waals surface area contributed by atoms with Crippen molar-refractivity contribution in [3.05, 3.63) is 78.2 Å². The van der Waals surface area contributed by atoms with E-state index in [-0.39, 0.29) is 5.41 Å². The Hall–Kier alpha value is -3.28. The number of anilines is 1. The van der Waals surface area contributed by atoms with Crippen LogP contribution in [0, 0.1) is 6.92 Å². The maximum Gasteiger partial charge on any atom is 0.148 e. The summed E-state index contributed by atoms with van der Waals surface area (Å²) in [6, 6.07) is 8.32. The number of hydrogen-bond donors (Lipinski definition) is 2. The number of aryl methyl sites for hydroxylation is 1. The molecule has 4 N–H and O–H groups in total. The second kappa shape index (κ2) is 8.84. The molecule has 164 valence electrons. The number of nitrogen functional groups attached to an aromatic ring is 1. The van der Waals surface area contributed by atoms with Crippen LogP contribution >= 0.6 is 0 Å². The number of imidazole rings is 1. The lowest BCUT2D eigenvalue weighted by Gasteiger charge is -2.40. The number of pyridine rings is 1. The molecule has 0 radical (unpaired) electrons. The molecule has 1 aliphatic carbocycles. The van der Waals surface area contributed by atoms with Crippen molar-refractivity contribution in [3.8, 4) is 0 Å². The van der Waals surface area contributed by atoms with Gasteiger partial charge >= 0.3 is 0 Å². The minimum atomic E-state index is 0.0975. The van der Waals surface area contributed by atoms with Crippen LogP contribution in [0.2, 0.25) is 0 Å². The number of benzene rings is 1. The van der Waals surface area contributed by atoms with Gasteiger partial charge < -0.3 is 16.5 Å². The van der Waals surface area contributed by atoms with Crippen LogP contribution in [0.3, 0.4) is 0 Å². The van der Waals surface area contributed by atoms with Gasteiger partial charge in [0, 0.05) is 17.3 Å². The molecule has 0 unspecified atom stereocenters. The van der Waals surface area contributed by atoms with Crippen LogP contribution in [0.25, 0.3) is 11.0 Å². The standard InChI is InChI=1S/C20H21N5.C3H7N.C2H6/c1-13-4-5-17-16(10-13)23-19(25(17)21)12-24-14(2)20(7-3-8-20)15-6-9-22-11-18(15)24;1-3(2)4;1-2/h4-6,9-11H,2-3,7-8,12,21H2,1H3;1,4H2,2H3;1-2H3. The summed E-state index contributed by atoms with van der Waals surface area (Å²) >= 11 is 0. The molecule has 3 heterocycles. The third-order valence-corrected chi connectivity index (χ3v) is 5.91. The van der Waals surface area contributed by atoms with Crippen molar-refractivity contribution in [3.63, 3.8) is 0 Å². The van der Waals surface area contributed by atoms with Crippen molar-refractivity contribution in [2.45, 2.75) is 58.9 Å². The number of allylic oxidation sites excluding steroid dienone is 2. The minimum Gasteiger partial charge on any atom is -0.403 e. The molecule has 0 amide bonds. The van der Waals surface area contributed by atoms with E-state index in [2.05, 4.69) is 48.2 Å². The molecule has 0 saturated heterocycles. The molecule has 0 bridgehead atoms. The Morgan fingerprint density at radius 3 is 2.52 bits per heavy atom. The topological polar surface area (TPSA) is 86.0 Å². The Morgan fingerprint density at radius 2 is 1.90 bits per heavy atom. The Balaban J connectivity index is 0.000000411. The van der Waals surface area contributed by atoms with E-state index in [1.165, 1.54) is 17.5 Å². The highest BCUT2D eigenvalue weighted by molar-refractivity contribution is 5.77. The molecule has 2 aliphatic rings. The normalized spacial score (nSPS) is 15.5. The van der Waals surface area contributed by atoms with Crippen LogP contribution in [-0.2, 0) is 12.0 Å². The molecule has 1 saturated carbocycles. The van der Waals surface area contributed by atoms with Crippen molar-refractivity contribution in [1.29, 1.82) is 0 Å². The van der Waals surface area contributed by atoms with Gasteiger partial charge in [-0.05, 0) is 61.7 Å². The summed E-state index contributed by atoms with van der Waals surface area (Å²) in [5, 5.41) is 0. The number of nitrogens with two attached hydrogens (primary N) is 2. The van der Waals surface area contributed by atoms with Crippen molar-refractivity contribution in [2.75, 3.05) is 10.7 Å². The van der Waals surface area contributed by atoms with Crippen molar-refractivity contribution >= 4 is 16.7 Å². The smallest absolute Gasteiger partial charge is 0.148 e. The van der Waals surface area contributed by atoms with Crippen molar-refractivity contribution in [2.24, 2.45) is 5.73 Å². The molecule has 6 nitrogen and oxygen atoms in total. The lowest BCUT2D eigenvalue weighted by Crippen LogP contribution is -2.37. The van der Waals surface area contributed by atoms with Crippen LogP contribution in [0.4, 0.5) is 5.69 Å². The zero-order chi connectivity index (χ0) is 22.8.